The molecule has 84 valence electrons. The van der Waals surface area contributed by atoms with Crippen molar-refractivity contribution in [1.82, 2.24) is 0 Å². The highest BCUT2D eigenvalue weighted by atomic mass is 35.5. The van der Waals surface area contributed by atoms with Gasteiger partial charge in [0.1, 0.15) is 21.5 Å². The number of rotatable bonds is 4. The Balaban J connectivity index is 2.98. The van der Waals surface area contributed by atoms with Crippen molar-refractivity contribution in [1.29, 1.82) is 0 Å². The molecule has 0 fully saturated rings. The molecule has 0 aliphatic rings. The summed E-state index contributed by atoms with van der Waals surface area (Å²) in [5.74, 6) is 0.172. The number of alkyl halides is 2. The van der Waals surface area contributed by atoms with Crippen molar-refractivity contribution >= 4 is 23.2 Å². The summed E-state index contributed by atoms with van der Waals surface area (Å²) in [4.78, 5) is 0. The Kier molecular flexibility index (Phi) is 4.42. The second kappa shape index (κ2) is 5.37. The average molecular weight is 257 g/mol. The van der Waals surface area contributed by atoms with E-state index in [1.807, 2.05) is 0 Å². The van der Waals surface area contributed by atoms with Crippen molar-refractivity contribution in [2.45, 2.75) is 13.5 Å². The van der Waals surface area contributed by atoms with Gasteiger partial charge in [0.2, 0.25) is 0 Å². The number of ether oxygens (including phenoxy) is 2. The van der Waals surface area contributed by atoms with Crippen LogP contribution in [0.15, 0.2) is 12.1 Å². The summed E-state index contributed by atoms with van der Waals surface area (Å²) in [5.41, 5.74) is 0. The van der Waals surface area contributed by atoms with Crippen LogP contribution in [0.3, 0.4) is 0 Å². The minimum atomic E-state index is -2.93. The summed E-state index contributed by atoms with van der Waals surface area (Å²) >= 11 is 11.5. The van der Waals surface area contributed by atoms with Crippen LogP contribution in [0.5, 0.6) is 11.5 Å². The third-order valence-electron chi connectivity index (χ3n) is 1.53. The molecule has 0 aliphatic carbocycles. The van der Waals surface area contributed by atoms with Crippen LogP contribution in [0.25, 0.3) is 0 Å². The van der Waals surface area contributed by atoms with E-state index in [4.69, 9.17) is 27.9 Å². The van der Waals surface area contributed by atoms with Gasteiger partial charge < -0.3 is 9.47 Å². The fourth-order valence-corrected chi connectivity index (χ4v) is 1.38. The standard InChI is InChI=1S/C9H8Cl2F2O2/c1-2-14-5-3-4-6(15-9(12)13)8(11)7(5)10/h3-4,9H,2H2,1H3. The van der Waals surface area contributed by atoms with Crippen molar-refractivity contribution in [2.75, 3.05) is 6.61 Å². The number of hydrogen-bond acceptors (Lipinski definition) is 2. The van der Waals surface area contributed by atoms with Gasteiger partial charge in [0.25, 0.3) is 0 Å². The molecular formula is C9H8Cl2F2O2. The van der Waals surface area contributed by atoms with E-state index in [1.165, 1.54) is 12.1 Å². The van der Waals surface area contributed by atoms with Gasteiger partial charge in [-0.15, -0.1) is 0 Å². The van der Waals surface area contributed by atoms with Crippen molar-refractivity contribution in [2.24, 2.45) is 0 Å². The first-order valence-corrected chi connectivity index (χ1v) is 4.87. The maximum absolute atomic E-state index is 11.9. The third-order valence-corrected chi connectivity index (χ3v) is 2.37. The second-order valence-electron chi connectivity index (χ2n) is 2.50. The number of hydrogen-bond donors (Lipinski definition) is 0. The number of halogens is 4. The summed E-state index contributed by atoms with van der Waals surface area (Å²) in [6.45, 7) is -0.754. The Hall–Kier alpha value is -0.740. The molecule has 1 rings (SSSR count). The van der Waals surface area contributed by atoms with E-state index in [-0.39, 0.29) is 15.8 Å². The van der Waals surface area contributed by atoms with Crippen LogP contribution in [0.2, 0.25) is 10.0 Å². The van der Waals surface area contributed by atoms with Crippen LogP contribution in [0.1, 0.15) is 6.92 Å². The third kappa shape index (κ3) is 3.11. The van der Waals surface area contributed by atoms with E-state index in [1.54, 1.807) is 6.92 Å². The molecule has 0 unspecified atom stereocenters. The Bertz CT molecular complexity index is 345. The average Bonchev–Trinajstić information content (AvgIpc) is 2.17. The van der Waals surface area contributed by atoms with Gasteiger partial charge in [-0.3, -0.25) is 0 Å². The van der Waals surface area contributed by atoms with Crippen molar-refractivity contribution < 1.29 is 18.3 Å². The molecule has 6 heteroatoms. The first-order chi connectivity index (χ1) is 7.06. The Morgan fingerprint density at radius 2 is 1.73 bits per heavy atom. The zero-order chi connectivity index (χ0) is 11.4. The molecule has 1 aromatic rings. The highest BCUT2D eigenvalue weighted by Crippen LogP contribution is 2.39. The molecular weight excluding hydrogens is 249 g/mol. The zero-order valence-electron chi connectivity index (χ0n) is 7.77. The lowest BCUT2D eigenvalue weighted by Crippen LogP contribution is -2.03. The van der Waals surface area contributed by atoms with E-state index in [0.717, 1.165) is 0 Å². The maximum atomic E-state index is 11.9. The minimum Gasteiger partial charge on any atom is -0.492 e. The van der Waals surface area contributed by atoms with Crippen LogP contribution < -0.4 is 9.47 Å². The molecule has 0 radical (unpaired) electrons. The van der Waals surface area contributed by atoms with E-state index < -0.39 is 6.61 Å². The first-order valence-electron chi connectivity index (χ1n) is 4.11. The first kappa shape index (κ1) is 12.3. The smallest absolute Gasteiger partial charge is 0.387 e. The Morgan fingerprint density at radius 3 is 2.27 bits per heavy atom. The summed E-state index contributed by atoms with van der Waals surface area (Å²) in [5, 5.41) is -0.0143. The van der Waals surface area contributed by atoms with Gasteiger partial charge in [0.05, 0.1) is 6.61 Å². The molecule has 0 amide bonds. The van der Waals surface area contributed by atoms with Crippen LogP contribution in [0, 0.1) is 0 Å². The maximum Gasteiger partial charge on any atom is 0.387 e. The van der Waals surface area contributed by atoms with Crippen molar-refractivity contribution in [3.63, 3.8) is 0 Å². The van der Waals surface area contributed by atoms with Crippen LogP contribution in [-0.2, 0) is 0 Å². The van der Waals surface area contributed by atoms with Gasteiger partial charge in [-0.25, -0.2) is 0 Å². The molecule has 0 heterocycles. The fraction of sp³-hybridized carbons (Fsp3) is 0.333. The highest BCUT2D eigenvalue weighted by Gasteiger charge is 2.14. The fourth-order valence-electron chi connectivity index (χ4n) is 0.968. The van der Waals surface area contributed by atoms with Gasteiger partial charge in [0, 0.05) is 0 Å². The van der Waals surface area contributed by atoms with E-state index >= 15 is 0 Å². The molecule has 0 atom stereocenters. The molecule has 0 spiro atoms. The molecule has 0 N–H and O–H groups in total. The molecule has 0 bridgehead atoms. The second-order valence-corrected chi connectivity index (χ2v) is 3.26. The topological polar surface area (TPSA) is 18.5 Å². The largest absolute Gasteiger partial charge is 0.492 e. The highest BCUT2D eigenvalue weighted by molar-refractivity contribution is 6.43. The number of benzene rings is 1. The van der Waals surface area contributed by atoms with E-state index in [0.29, 0.717) is 12.4 Å². The summed E-state index contributed by atoms with van der Waals surface area (Å²) in [6, 6.07) is 2.71. The summed E-state index contributed by atoms with van der Waals surface area (Å²) in [6.07, 6.45) is 0. The van der Waals surface area contributed by atoms with Crippen molar-refractivity contribution in [3.05, 3.63) is 22.2 Å². The summed E-state index contributed by atoms with van der Waals surface area (Å²) in [7, 11) is 0. The van der Waals surface area contributed by atoms with Crippen LogP contribution >= 0.6 is 23.2 Å². The van der Waals surface area contributed by atoms with E-state index in [9.17, 15) is 8.78 Å². The predicted molar refractivity (Wildman–Crippen MR) is 54.3 cm³/mol. The predicted octanol–water partition coefficient (Wildman–Crippen LogP) is 3.99. The summed E-state index contributed by atoms with van der Waals surface area (Å²) < 4.78 is 33.1. The monoisotopic (exact) mass is 256 g/mol. The quantitative estimate of drug-likeness (QED) is 0.811. The zero-order valence-corrected chi connectivity index (χ0v) is 9.28. The molecule has 15 heavy (non-hydrogen) atoms. The molecule has 0 saturated heterocycles. The molecule has 0 saturated carbocycles. The van der Waals surface area contributed by atoms with Crippen LogP contribution in [0.4, 0.5) is 8.78 Å². The van der Waals surface area contributed by atoms with Crippen LogP contribution in [-0.4, -0.2) is 13.2 Å². The molecule has 0 aliphatic heterocycles. The Labute approximate surface area is 95.7 Å². The molecule has 2 nitrogen and oxygen atoms in total. The normalized spacial score (nSPS) is 10.5. The minimum absolute atomic E-state index is 0.0664. The molecule has 1 aromatic carbocycles. The lowest BCUT2D eigenvalue weighted by atomic mass is 10.3. The lowest BCUT2D eigenvalue weighted by Gasteiger charge is -2.11. The van der Waals surface area contributed by atoms with Gasteiger partial charge in [-0.1, -0.05) is 23.2 Å². The lowest BCUT2D eigenvalue weighted by molar-refractivity contribution is -0.0498. The SMILES string of the molecule is CCOc1ccc(OC(F)F)c(Cl)c1Cl. The van der Waals surface area contributed by atoms with Gasteiger partial charge in [0.15, 0.2) is 0 Å². The van der Waals surface area contributed by atoms with Gasteiger partial charge in [-0.05, 0) is 19.1 Å². The van der Waals surface area contributed by atoms with Crippen molar-refractivity contribution in [3.8, 4) is 11.5 Å². The molecule has 0 aromatic heterocycles. The van der Waals surface area contributed by atoms with E-state index in [2.05, 4.69) is 4.74 Å². The van der Waals surface area contributed by atoms with Gasteiger partial charge in [-0.2, -0.15) is 8.78 Å². The Morgan fingerprint density at radius 1 is 1.20 bits per heavy atom. The van der Waals surface area contributed by atoms with Gasteiger partial charge >= 0.3 is 6.61 Å².